The number of nitrogens with one attached hydrogen (secondary N) is 1. The van der Waals surface area contributed by atoms with Crippen molar-refractivity contribution in [2.45, 2.75) is 13.3 Å². The summed E-state index contributed by atoms with van der Waals surface area (Å²) in [6.45, 7) is 2.90. The molecule has 2 rings (SSSR count). The molecule has 0 saturated carbocycles. The summed E-state index contributed by atoms with van der Waals surface area (Å²) in [6.07, 6.45) is 0.972. The number of hydrogen-bond donors (Lipinski definition) is 1. The molecule has 0 aliphatic rings. The van der Waals surface area contributed by atoms with E-state index in [4.69, 9.17) is 11.6 Å². The molecule has 0 spiro atoms. The second-order valence-electron chi connectivity index (χ2n) is 3.66. The van der Waals surface area contributed by atoms with Crippen LogP contribution in [0, 0.1) is 6.92 Å². The predicted octanol–water partition coefficient (Wildman–Crippen LogP) is 4.52. The Balaban J connectivity index is 1.94. The molecule has 1 aromatic heterocycles. The molecule has 0 bridgehead atoms. The number of aryl methyl sites for hydroxylation is 1. The summed E-state index contributed by atoms with van der Waals surface area (Å²) in [6, 6.07) is 5.80. The first-order valence-electron chi connectivity index (χ1n) is 5.24. The molecule has 1 aromatic carbocycles. The lowest BCUT2D eigenvalue weighted by molar-refractivity contribution is 1.02. The quantitative estimate of drug-likeness (QED) is 0.891. The van der Waals surface area contributed by atoms with Crippen molar-refractivity contribution < 1.29 is 0 Å². The average molecular weight is 332 g/mol. The number of hydrogen-bond acceptors (Lipinski definition) is 3. The van der Waals surface area contributed by atoms with Gasteiger partial charge in [0, 0.05) is 22.3 Å². The minimum absolute atomic E-state index is 0.745. The third-order valence-electron chi connectivity index (χ3n) is 2.44. The molecule has 2 nitrogen and oxygen atoms in total. The summed E-state index contributed by atoms with van der Waals surface area (Å²) in [4.78, 5) is 5.55. The Morgan fingerprint density at radius 2 is 2.29 bits per heavy atom. The zero-order valence-corrected chi connectivity index (χ0v) is 12.5. The number of benzene rings is 1. The van der Waals surface area contributed by atoms with Crippen LogP contribution in [0.25, 0.3) is 0 Å². The number of rotatable bonds is 4. The molecule has 2 aromatic rings. The molecule has 0 atom stereocenters. The largest absolute Gasteiger partial charge is 0.383 e. The van der Waals surface area contributed by atoms with Gasteiger partial charge in [-0.3, -0.25) is 0 Å². The zero-order chi connectivity index (χ0) is 12.3. The number of halogens is 2. The normalized spacial score (nSPS) is 10.5. The fourth-order valence-corrected chi connectivity index (χ4v) is 2.84. The Morgan fingerprint density at radius 1 is 1.47 bits per heavy atom. The summed E-state index contributed by atoms with van der Waals surface area (Å²) in [5.74, 6) is 0. The number of anilines is 1. The lowest BCUT2D eigenvalue weighted by Crippen LogP contribution is -2.05. The third-order valence-corrected chi connectivity index (χ3v) is 4.26. The smallest absolute Gasteiger partial charge is 0.0797 e. The van der Waals surface area contributed by atoms with E-state index in [1.165, 1.54) is 4.88 Å². The highest BCUT2D eigenvalue weighted by Crippen LogP contribution is 2.25. The van der Waals surface area contributed by atoms with Crippen LogP contribution in [0.4, 0.5) is 5.69 Å². The minimum Gasteiger partial charge on any atom is -0.383 e. The van der Waals surface area contributed by atoms with Crippen LogP contribution in [0.3, 0.4) is 0 Å². The van der Waals surface area contributed by atoms with Crippen molar-refractivity contribution in [2.75, 3.05) is 11.9 Å². The molecular weight excluding hydrogens is 320 g/mol. The fraction of sp³-hybridized carbons (Fsp3) is 0.250. The van der Waals surface area contributed by atoms with Crippen LogP contribution < -0.4 is 5.32 Å². The van der Waals surface area contributed by atoms with Gasteiger partial charge in [0.2, 0.25) is 0 Å². The topological polar surface area (TPSA) is 24.9 Å². The Morgan fingerprint density at radius 3 is 3.00 bits per heavy atom. The van der Waals surface area contributed by atoms with Crippen LogP contribution in [0.5, 0.6) is 0 Å². The molecule has 17 heavy (non-hydrogen) atoms. The van der Waals surface area contributed by atoms with Crippen molar-refractivity contribution >= 4 is 44.6 Å². The van der Waals surface area contributed by atoms with Crippen LogP contribution in [0.2, 0.25) is 5.02 Å². The molecule has 0 fully saturated rings. The maximum atomic E-state index is 6.10. The van der Waals surface area contributed by atoms with E-state index in [2.05, 4.69) is 26.2 Å². The second-order valence-corrected chi connectivity index (χ2v) is 5.92. The van der Waals surface area contributed by atoms with E-state index in [0.717, 1.165) is 33.8 Å². The van der Waals surface area contributed by atoms with Gasteiger partial charge in [-0.15, -0.1) is 11.3 Å². The molecule has 0 saturated heterocycles. The zero-order valence-electron chi connectivity index (χ0n) is 9.34. The molecule has 0 unspecified atom stereocenters. The molecule has 1 heterocycles. The van der Waals surface area contributed by atoms with Crippen molar-refractivity contribution in [3.8, 4) is 0 Å². The number of thiazole rings is 1. The highest BCUT2D eigenvalue weighted by atomic mass is 79.9. The molecule has 0 amide bonds. The maximum absolute atomic E-state index is 6.10. The molecule has 0 aliphatic heterocycles. The van der Waals surface area contributed by atoms with E-state index in [1.54, 1.807) is 11.3 Å². The van der Waals surface area contributed by atoms with Gasteiger partial charge in [0.1, 0.15) is 0 Å². The third kappa shape index (κ3) is 3.44. The van der Waals surface area contributed by atoms with Gasteiger partial charge in [0.15, 0.2) is 0 Å². The summed E-state index contributed by atoms with van der Waals surface area (Å²) in [5, 5.41) is 4.08. The Labute approximate surface area is 118 Å². The summed E-state index contributed by atoms with van der Waals surface area (Å²) < 4.78 is 1.03. The Hall–Kier alpha value is -0.580. The fourth-order valence-electron chi connectivity index (χ4n) is 1.51. The summed E-state index contributed by atoms with van der Waals surface area (Å²) >= 11 is 11.2. The first-order chi connectivity index (χ1) is 8.16. The van der Waals surface area contributed by atoms with Gasteiger partial charge in [0.05, 0.1) is 21.9 Å². The van der Waals surface area contributed by atoms with Gasteiger partial charge in [0.25, 0.3) is 0 Å². The van der Waals surface area contributed by atoms with Gasteiger partial charge in [-0.05, 0) is 25.1 Å². The van der Waals surface area contributed by atoms with E-state index < -0.39 is 0 Å². The van der Waals surface area contributed by atoms with Gasteiger partial charge in [-0.2, -0.15) is 0 Å². The summed E-state index contributed by atoms with van der Waals surface area (Å²) in [5.41, 5.74) is 3.97. The second kappa shape index (κ2) is 5.85. The molecule has 5 heteroatoms. The van der Waals surface area contributed by atoms with Crippen LogP contribution in [0.15, 0.2) is 28.2 Å². The first kappa shape index (κ1) is 12.9. The van der Waals surface area contributed by atoms with Gasteiger partial charge >= 0.3 is 0 Å². The van der Waals surface area contributed by atoms with Crippen LogP contribution >= 0.6 is 38.9 Å². The monoisotopic (exact) mass is 330 g/mol. The van der Waals surface area contributed by atoms with Crippen LogP contribution in [-0.2, 0) is 6.42 Å². The van der Waals surface area contributed by atoms with Gasteiger partial charge in [-0.25, -0.2) is 4.98 Å². The average Bonchev–Trinajstić information content (AvgIpc) is 2.70. The Kier molecular flexibility index (Phi) is 4.42. The van der Waals surface area contributed by atoms with Crippen LogP contribution in [0.1, 0.15) is 10.6 Å². The SMILES string of the molecule is Cc1ncsc1CCNc1cc(Br)ccc1Cl. The molecule has 1 N–H and O–H groups in total. The van der Waals surface area contributed by atoms with Crippen molar-refractivity contribution in [2.24, 2.45) is 0 Å². The van der Waals surface area contributed by atoms with E-state index in [0.29, 0.717) is 0 Å². The Bertz CT molecular complexity index is 513. The van der Waals surface area contributed by atoms with Crippen molar-refractivity contribution in [3.05, 3.63) is 43.8 Å². The standard InChI is InChI=1S/C12H12BrClN2S/c1-8-12(17-7-16-8)4-5-15-11-6-9(13)2-3-10(11)14/h2-3,6-7,15H,4-5H2,1H3. The lowest BCUT2D eigenvalue weighted by Gasteiger charge is -2.08. The number of aromatic nitrogens is 1. The highest BCUT2D eigenvalue weighted by molar-refractivity contribution is 9.10. The predicted molar refractivity (Wildman–Crippen MR) is 78.2 cm³/mol. The van der Waals surface area contributed by atoms with E-state index in [9.17, 15) is 0 Å². The molecular formula is C12H12BrClN2S. The van der Waals surface area contributed by atoms with Crippen molar-refractivity contribution in [1.29, 1.82) is 0 Å². The molecule has 90 valence electrons. The first-order valence-corrected chi connectivity index (χ1v) is 7.30. The van der Waals surface area contributed by atoms with Gasteiger partial charge in [-0.1, -0.05) is 27.5 Å². The minimum atomic E-state index is 0.745. The van der Waals surface area contributed by atoms with Crippen LogP contribution in [-0.4, -0.2) is 11.5 Å². The highest BCUT2D eigenvalue weighted by Gasteiger charge is 2.03. The maximum Gasteiger partial charge on any atom is 0.0797 e. The van der Waals surface area contributed by atoms with Gasteiger partial charge < -0.3 is 5.32 Å². The van der Waals surface area contributed by atoms with Crippen molar-refractivity contribution in [3.63, 3.8) is 0 Å². The molecule has 0 radical (unpaired) electrons. The molecule has 0 aliphatic carbocycles. The van der Waals surface area contributed by atoms with E-state index in [-0.39, 0.29) is 0 Å². The summed E-state index contributed by atoms with van der Waals surface area (Å²) in [7, 11) is 0. The van der Waals surface area contributed by atoms with Crippen molar-refractivity contribution in [1.82, 2.24) is 4.98 Å². The number of nitrogens with zero attached hydrogens (tertiary/aromatic N) is 1. The van der Waals surface area contributed by atoms with E-state index >= 15 is 0 Å². The lowest BCUT2D eigenvalue weighted by atomic mass is 10.3. The van der Waals surface area contributed by atoms with E-state index in [1.807, 2.05) is 30.6 Å².